The Balaban J connectivity index is 1.77. The number of aliphatic hydroxyl groups is 1. The molecule has 2 aromatic carbocycles. The standard InChI is InChI=1S/C23H22FN3OS/c1-3-19-14(2)29-23(26-19)27-20(12-25)22(21(27)13-28)17-10-5-4-8-15(17)16-9-6-7-11-18(16)24/h4-11,20-22,28H,3,13H2,1-2H3/t20-,21+,22+/m0/s1. The van der Waals surface area contributed by atoms with Crippen LogP contribution in [0.5, 0.6) is 0 Å². The number of aryl methyl sites for hydroxylation is 2. The second-order valence-corrected chi connectivity index (χ2v) is 8.36. The monoisotopic (exact) mass is 407 g/mol. The summed E-state index contributed by atoms with van der Waals surface area (Å²) in [6.45, 7) is 3.98. The Morgan fingerprint density at radius 1 is 1.17 bits per heavy atom. The smallest absolute Gasteiger partial charge is 0.187 e. The van der Waals surface area contributed by atoms with Crippen LogP contribution in [0.4, 0.5) is 9.52 Å². The van der Waals surface area contributed by atoms with Crippen LogP contribution in [0.15, 0.2) is 48.5 Å². The first-order chi connectivity index (χ1) is 14.1. The van der Waals surface area contributed by atoms with E-state index in [0.717, 1.165) is 33.3 Å². The minimum absolute atomic E-state index is 0.103. The fraction of sp³-hybridized carbons (Fsp3) is 0.304. The highest BCUT2D eigenvalue weighted by molar-refractivity contribution is 7.15. The molecule has 2 heterocycles. The van der Waals surface area contributed by atoms with Gasteiger partial charge in [-0.25, -0.2) is 9.37 Å². The molecular weight excluding hydrogens is 385 g/mol. The van der Waals surface area contributed by atoms with Gasteiger partial charge in [0.2, 0.25) is 0 Å². The van der Waals surface area contributed by atoms with E-state index >= 15 is 0 Å². The SMILES string of the molecule is CCc1nc(N2[C@H](CO)[C@H](c3ccccc3-c3ccccc3F)[C@@H]2C#N)sc1C. The third kappa shape index (κ3) is 3.21. The van der Waals surface area contributed by atoms with E-state index in [1.54, 1.807) is 29.5 Å². The Hall–Kier alpha value is -2.75. The lowest BCUT2D eigenvalue weighted by Crippen LogP contribution is -2.63. The lowest BCUT2D eigenvalue weighted by molar-refractivity contribution is 0.188. The molecule has 0 bridgehead atoms. The van der Waals surface area contributed by atoms with Gasteiger partial charge in [0.25, 0.3) is 0 Å². The summed E-state index contributed by atoms with van der Waals surface area (Å²) in [6, 6.07) is 15.9. The van der Waals surface area contributed by atoms with Crippen LogP contribution < -0.4 is 4.90 Å². The number of aliphatic hydroxyl groups excluding tert-OH is 1. The van der Waals surface area contributed by atoms with Crippen LogP contribution in [0.1, 0.15) is 29.0 Å². The lowest BCUT2D eigenvalue weighted by atomic mass is 9.74. The zero-order valence-corrected chi connectivity index (χ0v) is 17.2. The number of hydrogen-bond donors (Lipinski definition) is 1. The highest BCUT2D eigenvalue weighted by Crippen LogP contribution is 2.47. The van der Waals surface area contributed by atoms with Gasteiger partial charge in [-0.2, -0.15) is 5.26 Å². The molecule has 1 aliphatic rings. The minimum Gasteiger partial charge on any atom is -0.394 e. The normalized spacial score (nSPS) is 20.9. The molecule has 4 rings (SSSR count). The molecule has 148 valence electrons. The van der Waals surface area contributed by atoms with E-state index in [2.05, 4.69) is 13.0 Å². The number of aromatic nitrogens is 1. The van der Waals surface area contributed by atoms with E-state index in [-0.39, 0.29) is 24.4 Å². The van der Waals surface area contributed by atoms with Crippen molar-refractivity contribution in [1.82, 2.24) is 4.98 Å². The van der Waals surface area contributed by atoms with Gasteiger partial charge < -0.3 is 10.0 Å². The first kappa shape index (κ1) is 19.6. The van der Waals surface area contributed by atoms with Crippen LogP contribution >= 0.6 is 11.3 Å². The van der Waals surface area contributed by atoms with Crippen molar-refractivity contribution in [2.45, 2.75) is 38.3 Å². The van der Waals surface area contributed by atoms with Crippen LogP contribution in [-0.4, -0.2) is 28.8 Å². The molecule has 1 saturated heterocycles. The van der Waals surface area contributed by atoms with Gasteiger partial charge in [-0.3, -0.25) is 0 Å². The number of nitriles is 1. The van der Waals surface area contributed by atoms with Crippen LogP contribution in [0.2, 0.25) is 0 Å². The predicted molar refractivity (Wildman–Crippen MR) is 114 cm³/mol. The molecule has 1 fully saturated rings. The summed E-state index contributed by atoms with van der Waals surface area (Å²) in [4.78, 5) is 7.74. The Kier molecular flexibility index (Phi) is 5.35. The third-order valence-electron chi connectivity index (χ3n) is 5.65. The van der Waals surface area contributed by atoms with Crippen LogP contribution in [0, 0.1) is 24.1 Å². The first-order valence-corrected chi connectivity index (χ1v) is 10.5. The Labute approximate surface area is 173 Å². The van der Waals surface area contributed by atoms with E-state index < -0.39 is 6.04 Å². The Morgan fingerprint density at radius 3 is 2.48 bits per heavy atom. The molecule has 1 N–H and O–H groups in total. The average molecular weight is 408 g/mol. The minimum atomic E-state index is -0.463. The van der Waals surface area contributed by atoms with Crippen LogP contribution in [0.3, 0.4) is 0 Å². The van der Waals surface area contributed by atoms with Crippen molar-refractivity contribution in [1.29, 1.82) is 5.26 Å². The maximum atomic E-state index is 14.5. The molecule has 0 unspecified atom stereocenters. The maximum Gasteiger partial charge on any atom is 0.187 e. The average Bonchev–Trinajstić information content (AvgIpc) is 3.08. The molecule has 29 heavy (non-hydrogen) atoms. The number of hydrogen-bond acceptors (Lipinski definition) is 5. The molecule has 4 nitrogen and oxygen atoms in total. The van der Waals surface area contributed by atoms with E-state index in [9.17, 15) is 14.8 Å². The van der Waals surface area contributed by atoms with Crippen molar-refractivity contribution < 1.29 is 9.50 Å². The number of rotatable bonds is 5. The lowest BCUT2D eigenvalue weighted by Gasteiger charge is -2.52. The second kappa shape index (κ2) is 7.94. The van der Waals surface area contributed by atoms with Crippen molar-refractivity contribution in [2.75, 3.05) is 11.5 Å². The summed E-state index contributed by atoms with van der Waals surface area (Å²) < 4.78 is 14.5. The molecule has 0 radical (unpaired) electrons. The van der Waals surface area contributed by atoms with E-state index in [1.165, 1.54) is 6.07 Å². The number of thiazole rings is 1. The molecule has 0 spiro atoms. The number of nitrogens with zero attached hydrogens (tertiary/aromatic N) is 3. The molecule has 0 saturated carbocycles. The van der Waals surface area contributed by atoms with Gasteiger partial charge in [-0.1, -0.05) is 49.4 Å². The van der Waals surface area contributed by atoms with E-state index in [0.29, 0.717) is 5.56 Å². The van der Waals surface area contributed by atoms with Gasteiger partial charge in [-0.05, 0) is 30.5 Å². The Morgan fingerprint density at radius 2 is 1.86 bits per heavy atom. The van der Waals surface area contributed by atoms with Crippen molar-refractivity contribution in [3.05, 3.63) is 70.5 Å². The summed E-state index contributed by atoms with van der Waals surface area (Å²) in [5, 5.41) is 20.9. The zero-order chi connectivity index (χ0) is 20.5. The van der Waals surface area contributed by atoms with Gasteiger partial charge >= 0.3 is 0 Å². The van der Waals surface area contributed by atoms with E-state index in [4.69, 9.17) is 4.98 Å². The number of halogens is 1. The highest BCUT2D eigenvalue weighted by Gasteiger charge is 2.51. The largest absolute Gasteiger partial charge is 0.394 e. The second-order valence-electron chi connectivity index (χ2n) is 7.18. The van der Waals surface area contributed by atoms with Crippen molar-refractivity contribution in [3.8, 4) is 17.2 Å². The first-order valence-electron chi connectivity index (χ1n) is 9.69. The van der Waals surface area contributed by atoms with Crippen LogP contribution in [-0.2, 0) is 6.42 Å². The molecule has 0 aliphatic carbocycles. The quantitative estimate of drug-likeness (QED) is 0.667. The van der Waals surface area contributed by atoms with Crippen LogP contribution in [0.25, 0.3) is 11.1 Å². The highest BCUT2D eigenvalue weighted by atomic mass is 32.1. The fourth-order valence-electron chi connectivity index (χ4n) is 4.21. The molecule has 1 aromatic heterocycles. The molecular formula is C23H22FN3OS. The topological polar surface area (TPSA) is 60.1 Å². The van der Waals surface area contributed by atoms with E-state index in [1.807, 2.05) is 36.1 Å². The van der Waals surface area contributed by atoms with Crippen molar-refractivity contribution >= 4 is 16.5 Å². The summed E-state index contributed by atoms with van der Waals surface area (Å²) in [5.74, 6) is -0.525. The predicted octanol–water partition coefficient (Wildman–Crippen LogP) is 4.68. The number of benzene rings is 2. The summed E-state index contributed by atoms with van der Waals surface area (Å²) >= 11 is 1.55. The molecule has 6 heteroatoms. The fourth-order valence-corrected chi connectivity index (χ4v) is 5.30. The molecule has 0 amide bonds. The zero-order valence-electron chi connectivity index (χ0n) is 16.3. The van der Waals surface area contributed by atoms with Gasteiger partial charge in [0, 0.05) is 16.4 Å². The Bertz CT molecular complexity index is 1070. The van der Waals surface area contributed by atoms with Gasteiger partial charge in [0.05, 0.1) is 24.4 Å². The summed E-state index contributed by atoms with van der Waals surface area (Å²) in [5.41, 5.74) is 3.17. The van der Waals surface area contributed by atoms with Gasteiger partial charge in [0.1, 0.15) is 11.9 Å². The third-order valence-corrected chi connectivity index (χ3v) is 6.68. The summed E-state index contributed by atoms with van der Waals surface area (Å²) in [6.07, 6.45) is 0.830. The van der Waals surface area contributed by atoms with Crippen molar-refractivity contribution in [3.63, 3.8) is 0 Å². The maximum absolute atomic E-state index is 14.5. The number of anilines is 1. The van der Waals surface area contributed by atoms with Gasteiger partial charge in [-0.15, -0.1) is 11.3 Å². The summed E-state index contributed by atoms with van der Waals surface area (Å²) in [7, 11) is 0. The van der Waals surface area contributed by atoms with Gasteiger partial charge in [0.15, 0.2) is 5.13 Å². The molecule has 3 atom stereocenters. The van der Waals surface area contributed by atoms with Crippen molar-refractivity contribution in [2.24, 2.45) is 0 Å². The molecule has 3 aromatic rings. The molecule has 1 aliphatic heterocycles.